The van der Waals surface area contributed by atoms with Crippen molar-refractivity contribution < 1.29 is 42.5 Å². The second kappa shape index (κ2) is 6.22. The molecule has 0 aromatic heterocycles. The van der Waals surface area contributed by atoms with Crippen molar-refractivity contribution in [2.24, 2.45) is 0 Å². The Bertz CT molecular complexity index is 436. The zero-order valence-corrected chi connectivity index (χ0v) is 12.9. The fraction of sp³-hybridized carbons (Fsp3) is 0.250. The summed E-state index contributed by atoms with van der Waals surface area (Å²) in [4.78, 5) is 0. The van der Waals surface area contributed by atoms with Crippen LogP contribution in [0.5, 0.6) is 0 Å². The quantitative estimate of drug-likeness (QED) is 0.568. The van der Waals surface area contributed by atoms with E-state index in [1.165, 1.54) is 0 Å². The second-order valence-corrected chi connectivity index (χ2v) is 4.74. The van der Waals surface area contributed by atoms with Crippen molar-refractivity contribution in [3.8, 4) is 0 Å². The number of halogens is 1. The van der Waals surface area contributed by atoms with E-state index in [0.29, 0.717) is 12.1 Å². The molecule has 0 saturated heterocycles. The molecule has 4 nitrogen and oxygen atoms in total. The second-order valence-electron chi connectivity index (χ2n) is 2.71. The van der Waals surface area contributed by atoms with Gasteiger partial charge in [0.2, 0.25) is 0 Å². The van der Waals surface area contributed by atoms with Crippen LogP contribution in [0.2, 0.25) is 0 Å². The van der Waals surface area contributed by atoms with E-state index in [0.717, 1.165) is 10.0 Å². The molecule has 0 aliphatic heterocycles. The Kier molecular flexibility index (Phi) is 6.39. The van der Waals surface area contributed by atoms with Gasteiger partial charge in [-0.05, 0) is 30.2 Å². The van der Waals surface area contributed by atoms with Crippen LogP contribution < -0.4 is 34.3 Å². The van der Waals surface area contributed by atoms with Gasteiger partial charge in [-0.1, -0.05) is 22.9 Å². The molecule has 0 amide bonds. The zero-order valence-electron chi connectivity index (χ0n) is 8.45. The van der Waals surface area contributed by atoms with Gasteiger partial charge in [-0.25, -0.2) is 8.42 Å². The Labute approximate surface area is 120 Å². The summed E-state index contributed by atoms with van der Waals surface area (Å²) in [7, 11) is -4.44. The first kappa shape index (κ1) is 15.4. The van der Waals surface area contributed by atoms with E-state index in [2.05, 4.69) is 15.9 Å². The molecule has 0 saturated carbocycles. The molecule has 0 aliphatic rings. The van der Waals surface area contributed by atoms with Crippen molar-refractivity contribution >= 4 is 31.9 Å². The van der Waals surface area contributed by atoms with Gasteiger partial charge in [0.25, 0.3) is 0 Å². The van der Waals surface area contributed by atoms with Gasteiger partial charge in [0.15, 0.2) is 10.3 Å². The molecule has 7 heteroatoms. The molecule has 1 aromatic rings. The Balaban J connectivity index is 0.00000196. The standard InChI is InChI=1S/C8H10BrNO3S.Na/c1-2-6-5-7(9)3-4-8(6)10-14(11,12)13;/h3-5,10H,2H2,1H3,(H,11,12,13);/q;+1/p-1. The largest absolute Gasteiger partial charge is 1.00 e. The van der Waals surface area contributed by atoms with Crippen LogP contribution >= 0.6 is 15.9 Å². The summed E-state index contributed by atoms with van der Waals surface area (Å²) in [5.74, 6) is 0. The van der Waals surface area contributed by atoms with Crippen LogP contribution in [-0.2, 0) is 16.7 Å². The predicted molar refractivity (Wildman–Crippen MR) is 56.8 cm³/mol. The molecule has 1 N–H and O–H groups in total. The minimum atomic E-state index is -4.44. The molecule has 0 heterocycles. The van der Waals surface area contributed by atoms with E-state index in [9.17, 15) is 13.0 Å². The molecule has 1 aromatic carbocycles. The third-order valence-electron chi connectivity index (χ3n) is 1.68. The summed E-state index contributed by atoms with van der Waals surface area (Å²) in [6.07, 6.45) is 0.650. The maximum atomic E-state index is 10.5. The van der Waals surface area contributed by atoms with Crippen molar-refractivity contribution in [2.75, 3.05) is 4.72 Å². The first-order chi connectivity index (χ1) is 6.42. The Morgan fingerprint density at radius 1 is 1.47 bits per heavy atom. The summed E-state index contributed by atoms with van der Waals surface area (Å²) < 4.78 is 34.2. The van der Waals surface area contributed by atoms with Gasteiger partial charge in [0.05, 0.1) is 5.69 Å². The summed E-state index contributed by atoms with van der Waals surface area (Å²) in [5.41, 5.74) is 1.12. The van der Waals surface area contributed by atoms with Crippen LogP contribution in [0.25, 0.3) is 0 Å². The summed E-state index contributed by atoms with van der Waals surface area (Å²) in [5, 5.41) is 0. The minimum absolute atomic E-state index is 0. The molecule has 0 aliphatic carbocycles. The number of hydrogen-bond acceptors (Lipinski definition) is 3. The smallest absolute Gasteiger partial charge is 0.731 e. The molecule has 0 radical (unpaired) electrons. The molecular weight excluding hydrogens is 293 g/mol. The third kappa shape index (κ3) is 5.33. The summed E-state index contributed by atoms with van der Waals surface area (Å²) >= 11 is 3.26. The fourth-order valence-electron chi connectivity index (χ4n) is 1.09. The van der Waals surface area contributed by atoms with Gasteiger partial charge in [-0.15, -0.1) is 0 Å². The van der Waals surface area contributed by atoms with Crippen LogP contribution in [0.3, 0.4) is 0 Å². The van der Waals surface area contributed by atoms with Gasteiger partial charge >= 0.3 is 29.6 Å². The third-order valence-corrected chi connectivity index (χ3v) is 2.65. The molecule has 0 unspecified atom stereocenters. The molecule has 1 rings (SSSR count). The minimum Gasteiger partial charge on any atom is -0.731 e. The van der Waals surface area contributed by atoms with Crippen molar-refractivity contribution in [2.45, 2.75) is 13.3 Å². The monoisotopic (exact) mass is 301 g/mol. The first-order valence-corrected chi connectivity index (χ1v) is 6.14. The number of anilines is 1. The maximum Gasteiger partial charge on any atom is 1.00 e. The molecule has 78 valence electrons. The Morgan fingerprint density at radius 2 is 2.07 bits per heavy atom. The van der Waals surface area contributed by atoms with Crippen LogP contribution in [0.1, 0.15) is 12.5 Å². The average molecular weight is 302 g/mol. The molecule has 15 heavy (non-hydrogen) atoms. The van der Waals surface area contributed by atoms with Gasteiger partial charge in [0, 0.05) is 4.47 Å². The molecule has 0 bridgehead atoms. The number of aryl methyl sites for hydroxylation is 1. The number of nitrogens with one attached hydrogen (secondary N) is 1. The topological polar surface area (TPSA) is 69.2 Å². The fourth-order valence-corrected chi connectivity index (χ4v) is 1.97. The summed E-state index contributed by atoms with van der Waals surface area (Å²) in [6, 6.07) is 5.00. The van der Waals surface area contributed by atoms with Crippen LogP contribution in [-0.4, -0.2) is 13.0 Å². The van der Waals surface area contributed by atoms with Crippen LogP contribution in [0.4, 0.5) is 5.69 Å². The van der Waals surface area contributed by atoms with E-state index in [1.807, 2.05) is 11.6 Å². The maximum absolute atomic E-state index is 10.5. The normalized spacial score (nSPS) is 10.6. The van der Waals surface area contributed by atoms with E-state index < -0.39 is 10.3 Å². The number of hydrogen-bond donors (Lipinski definition) is 1. The van der Waals surface area contributed by atoms with Crippen molar-refractivity contribution in [3.05, 3.63) is 28.2 Å². The number of rotatable bonds is 3. The van der Waals surface area contributed by atoms with E-state index in [4.69, 9.17) is 0 Å². The molecule has 0 atom stereocenters. The number of benzene rings is 1. The summed E-state index contributed by atoms with van der Waals surface area (Å²) in [6.45, 7) is 1.88. The Hall–Kier alpha value is 0.410. The SMILES string of the molecule is CCc1cc(Br)ccc1NS(=O)(=O)[O-].[Na+]. The van der Waals surface area contributed by atoms with Crippen LogP contribution in [0.15, 0.2) is 22.7 Å². The van der Waals surface area contributed by atoms with E-state index in [-0.39, 0.29) is 29.6 Å². The van der Waals surface area contributed by atoms with E-state index >= 15 is 0 Å². The van der Waals surface area contributed by atoms with Crippen LogP contribution in [0, 0.1) is 0 Å². The Morgan fingerprint density at radius 3 is 2.53 bits per heavy atom. The first-order valence-electron chi connectivity index (χ1n) is 3.94. The van der Waals surface area contributed by atoms with Crippen molar-refractivity contribution in [1.29, 1.82) is 0 Å². The molecular formula is C8H9BrNNaO3S. The molecule has 0 fully saturated rings. The molecule has 0 spiro atoms. The zero-order chi connectivity index (χ0) is 10.8. The van der Waals surface area contributed by atoms with Gasteiger partial charge in [0.1, 0.15) is 0 Å². The predicted octanol–water partition coefficient (Wildman–Crippen LogP) is -1.11. The van der Waals surface area contributed by atoms with Gasteiger partial charge in [-0.2, -0.15) is 0 Å². The van der Waals surface area contributed by atoms with Gasteiger partial charge in [-0.3, -0.25) is 4.72 Å². The van der Waals surface area contributed by atoms with Gasteiger partial charge < -0.3 is 4.55 Å². The van der Waals surface area contributed by atoms with E-state index in [1.54, 1.807) is 18.2 Å². The van der Waals surface area contributed by atoms with Crippen molar-refractivity contribution in [1.82, 2.24) is 0 Å². The van der Waals surface area contributed by atoms with Crippen molar-refractivity contribution in [3.63, 3.8) is 0 Å². The average Bonchev–Trinajstić information content (AvgIpc) is 2.06.